The fourth-order valence-electron chi connectivity index (χ4n) is 2.51. The van der Waals surface area contributed by atoms with Crippen molar-refractivity contribution < 1.29 is 4.79 Å². The monoisotopic (exact) mass is 214 g/mol. The Kier molecular flexibility index (Phi) is 2.43. The number of carbonyl (C=O) groups excluding carboxylic acids is 1. The van der Waals surface area contributed by atoms with Crippen LogP contribution < -0.4 is 4.90 Å². The van der Waals surface area contributed by atoms with E-state index in [0.717, 1.165) is 38.1 Å². The van der Waals surface area contributed by atoms with E-state index in [1.165, 1.54) is 5.69 Å². The third-order valence-electron chi connectivity index (χ3n) is 3.49. The SMILES string of the molecule is O=C([C]1CC1)[C@H]1CCCN1c1ccccc1. The molecule has 1 aromatic carbocycles. The topological polar surface area (TPSA) is 20.3 Å². The van der Waals surface area contributed by atoms with Gasteiger partial charge in [0.1, 0.15) is 0 Å². The summed E-state index contributed by atoms with van der Waals surface area (Å²) in [6.45, 7) is 1.02. The van der Waals surface area contributed by atoms with E-state index in [-0.39, 0.29) is 6.04 Å². The fraction of sp³-hybridized carbons (Fsp3) is 0.429. The van der Waals surface area contributed by atoms with Crippen LogP contribution in [0.5, 0.6) is 0 Å². The maximum absolute atomic E-state index is 12.1. The number of benzene rings is 1. The first-order valence-corrected chi connectivity index (χ1v) is 6.07. The lowest BCUT2D eigenvalue weighted by atomic mass is 10.1. The molecule has 2 fully saturated rings. The molecule has 16 heavy (non-hydrogen) atoms. The molecule has 1 radical (unpaired) electrons. The van der Waals surface area contributed by atoms with Gasteiger partial charge in [-0.1, -0.05) is 18.2 Å². The van der Waals surface area contributed by atoms with Crippen LogP contribution >= 0.6 is 0 Å². The molecule has 0 spiro atoms. The van der Waals surface area contributed by atoms with E-state index in [1.54, 1.807) is 0 Å². The lowest BCUT2D eigenvalue weighted by molar-refractivity contribution is -0.117. The summed E-state index contributed by atoms with van der Waals surface area (Å²) < 4.78 is 0. The Balaban J connectivity index is 1.81. The van der Waals surface area contributed by atoms with Crippen molar-refractivity contribution >= 4 is 11.5 Å². The van der Waals surface area contributed by atoms with Crippen molar-refractivity contribution in [2.24, 2.45) is 0 Å². The van der Waals surface area contributed by atoms with Crippen molar-refractivity contribution in [1.82, 2.24) is 0 Å². The van der Waals surface area contributed by atoms with E-state index in [1.807, 2.05) is 18.2 Å². The molecular formula is C14H16NO. The highest BCUT2D eigenvalue weighted by Crippen LogP contribution is 2.37. The van der Waals surface area contributed by atoms with Crippen molar-refractivity contribution in [2.45, 2.75) is 31.7 Å². The summed E-state index contributed by atoms with van der Waals surface area (Å²) in [7, 11) is 0. The molecule has 1 saturated carbocycles. The minimum Gasteiger partial charge on any atom is -0.361 e. The Labute approximate surface area is 96.3 Å². The molecule has 83 valence electrons. The van der Waals surface area contributed by atoms with E-state index in [4.69, 9.17) is 0 Å². The van der Waals surface area contributed by atoms with Gasteiger partial charge in [0.25, 0.3) is 0 Å². The Morgan fingerprint density at radius 2 is 1.94 bits per heavy atom. The Hall–Kier alpha value is -1.31. The van der Waals surface area contributed by atoms with Crippen molar-refractivity contribution in [3.05, 3.63) is 36.2 Å². The number of rotatable bonds is 3. The Morgan fingerprint density at radius 3 is 2.62 bits per heavy atom. The second-order valence-electron chi connectivity index (χ2n) is 4.65. The molecular weight excluding hydrogens is 198 g/mol. The fourth-order valence-corrected chi connectivity index (χ4v) is 2.51. The summed E-state index contributed by atoms with van der Waals surface area (Å²) >= 11 is 0. The third-order valence-corrected chi connectivity index (χ3v) is 3.49. The zero-order valence-corrected chi connectivity index (χ0v) is 9.36. The van der Waals surface area contributed by atoms with Crippen molar-refractivity contribution in [2.75, 3.05) is 11.4 Å². The third kappa shape index (κ3) is 1.73. The van der Waals surface area contributed by atoms with Crippen LogP contribution in [-0.4, -0.2) is 18.4 Å². The van der Waals surface area contributed by atoms with Crippen LogP contribution in [0, 0.1) is 5.92 Å². The second kappa shape index (κ2) is 3.93. The molecule has 2 heteroatoms. The highest BCUT2D eigenvalue weighted by molar-refractivity contribution is 6.01. The van der Waals surface area contributed by atoms with Gasteiger partial charge < -0.3 is 4.90 Å². The van der Waals surface area contributed by atoms with Crippen molar-refractivity contribution in [1.29, 1.82) is 0 Å². The maximum atomic E-state index is 12.1. The molecule has 2 aliphatic rings. The van der Waals surface area contributed by atoms with E-state index in [2.05, 4.69) is 17.0 Å². The van der Waals surface area contributed by atoms with Gasteiger partial charge in [0.15, 0.2) is 5.78 Å². The maximum Gasteiger partial charge on any atom is 0.162 e. The number of hydrogen-bond donors (Lipinski definition) is 0. The molecule has 0 aromatic heterocycles. The number of para-hydroxylation sites is 1. The van der Waals surface area contributed by atoms with Crippen molar-refractivity contribution in [3.63, 3.8) is 0 Å². The van der Waals surface area contributed by atoms with Gasteiger partial charge in [-0.15, -0.1) is 0 Å². The summed E-state index contributed by atoms with van der Waals surface area (Å²) in [6, 6.07) is 10.4. The van der Waals surface area contributed by atoms with Gasteiger partial charge in [0.05, 0.1) is 6.04 Å². The predicted octanol–water partition coefficient (Wildman–Crippen LogP) is 2.59. The molecule has 0 unspecified atom stereocenters. The van der Waals surface area contributed by atoms with Crippen molar-refractivity contribution in [3.8, 4) is 0 Å². The first-order chi connectivity index (χ1) is 7.86. The van der Waals surface area contributed by atoms with Gasteiger partial charge >= 0.3 is 0 Å². The van der Waals surface area contributed by atoms with E-state index in [0.29, 0.717) is 5.78 Å². The Bertz CT molecular complexity index is 383. The van der Waals surface area contributed by atoms with E-state index >= 15 is 0 Å². The zero-order valence-electron chi connectivity index (χ0n) is 9.36. The highest BCUT2D eigenvalue weighted by atomic mass is 16.1. The minimum absolute atomic E-state index is 0.125. The second-order valence-corrected chi connectivity index (χ2v) is 4.65. The van der Waals surface area contributed by atoms with Gasteiger partial charge in [0.2, 0.25) is 0 Å². The lowest BCUT2D eigenvalue weighted by Crippen LogP contribution is -2.36. The normalized spacial score (nSPS) is 24.8. The lowest BCUT2D eigenvalue weighted by Gasteiger charge is -2.25. The van der Waals surface area contributed by atoms with Crippen LogP contribution in [0.25, 0.3) is 0 Å². The van der Waals surface area contributed by atoms with Gasteiger partial charge in [-0.2, -0.15) is 0 Å². The first-order valence-electron chi connectivity index (χ1n) is 6.07. The van der Waals surface area contributed by atoms with Crippen LogP contribution in [0.15, 0.2) is 30.3 Å². The van der Waals surface area contributed by atoms with E-state index < -0.39 is 0 Å². The van der Waals surface area contributed by atoms with Crippen LogP contribution in [-0.2, 0) is 4.79 Å². The zero-order chi connectivity index (χ0) is 11.0. The smallest absolute Gasteiger partial charge is 0.162 e. The molecule has 1 atom stereocenters. The predicted molar refractivity (Wildman–Crippen MR) is 64.3 cm³/mol. The molecule has 3 rings (SSSR count). The summed E-state index contributed by atoms with van der Waals surface area (Å²) in [5.74, 6) is 1.56. The van der Waals surface area contributed by atoms with E-state index in [9.17, 15) is 4.79 Å². The summed E-state index contributed by atoms with van der Waals surface area (Å²) in [5.41, 5.74) is 1.19. The summed E-state index contributed by atoms with van der Waals surface area (Å²) in [4.78, 5) is 14.4. The quantitative estimate of drug-likeness (QED) is 0.770. The van der Waals surface area contributed by atoms with Gasteiger partial charge in [-0.25, -0.2) is 0 Å². The number of ketones is 1. The molecule has 1 aliphatic heterocycles. The number of Topliss-reactive ketones (excluding diaryl/α,β-unsaturated/α-hetero) is 1. The standard InChI is InChI=1S/C14H16NO/c16-14(11-8-9-11)13-7-4-10-15(13)12-5-2-1-3-6-12/h1-3,5-6,13H,4,7-10H2/t13-/m1/s1. The molecule has 1 saturated heterocycles. The molecule has 0 amide bonds. The molecule has 1 aliphatic carbocycles. The van der Waals surface area contributed by atoms with Gasteiger partial charge in [-0.3, -0.25) is 4.79 Å². The first kappa shape index (κ1) is 9.88. The van der Waals surface area contributed by atoms with Crippen LogP contribution in [0.3, 0.4) is 0 Å². The highest BCUT2D eigenvalue weighted by Gasteiger charge is 2.40. The van der Waals surface area contributed by atoms with Crippen LogP contribution in [0.1, 0.15) is 25.7 Å². The molecule has 0 bridgehead atoms. The minimum atomic E-state index is 0.125. The van der Waals surface area contributed by atoms with Crippen LogP contribution in [0.2, 0.25) is 0 Å². The average molecular weight is 214 g/mol. The molecule has 2 nitrogen and oxygen atoms in total. The van der Waals surface area contributed by atoms with Gasteiger partial charge in [-0.05, 0) is 37.8 Å². The summed E-state index contributed by atoms with van der Waals surface area (Å²) in [6.07, 6.45) is 4.24. The number of hydrogen-bond acceptors (Lipinski definition) is 2. The van der Waals surface area contributed by atoms with Gasteiger partial charge in [0, 0.05) is 18.2 Å². The average Bonchev–Trinajstić information content (AvgIpc) is 3.06. The largest absolute Gasteiger partial charge is 0.361 e. The molecule has 1 aromatic rings. The number of carbonyl (C=O) groups is 1. The molecule has 1 heterocycles. The molecule has 0 N–H and O–H groups in total. The number of nitrogens with zero attached hydrogens (tertiary/aromatic N) is 1. The van der Waals surface area contributed by atoms with Crippen LogP contribution in [0.4, 0.5) is 5.69 Å². The number of anilines is 1. The Morgan fingerprint density at radius 1 is 1.19 bits per heavy atom. The summed E-state index contributed by atoms with van der Waals surface area (Å²) in [5, 5.41) is 0.